The van der Waals surface area contributed by atoms with Crippen molar-refractivity contribution >= 4 is 17.5 Å². The molecule has 2 heterocycles. The van der Waals surface area contributed by atoms with E-state index >= 15 is 0 Å². The summed E-state index contributed by atoms with van der Waals surface area (Å²) < 4.78 is 16.1. The summed E-state index contributed by atoms with van der Waals surface area (Å²) >= 11 is 6.22. The highest BCUT2D eigenvalue weighted by Crippen LogP contribution is 2.39. The minimum atomic E-state index is -0.197. The third kappa shape index (κ3) is 4.18. The summed E-state index contributed by atoms with van der Waals surface area (Å²) in [5, 5.41) is 3.51. The molecular formula is C20H21ClN2O4. The lowest BCUT2D eigenvalue weighted by molar-refractivity contribution is 0.0332. The standard InChI is InChI=1S/C20H21ClN2O4/c21-16-10-15(11-18-19(16)27-13-26-18)20(24)22-17(14-4-2-1-3-5-14)12-23-6-8-25-9-7-23/h1-5,10-11,17H,6-9,12-13H2,(H,22,24). The molecule has 7 heteroatoms. The molecule has 1 amide bonds. The Kier molecular flexibility index (Phi) is 5.48. The Hall–Kier alpha value is -2.28. The van der Waals surface area contributed by atoms with Crippen LogP contribution in [0.5, 0.6) is 11.5 Å². The second kappa shape index (κ2) is 8.17. The SMILES string of the molecule is O=C(NC(CN1CCOCC1)c1ccccc1)c1cc(Cl)c2c(c1)OCO2. The predicted molar refractivity (Wildman–Crippen MR) is 101 cm³/mol. The summed E-state index contributed by atoms with van der Waals surface area (Å²) in [6.45, 7) is 3.98. The number of ether oxygens (including phenoxy) is 3. The lowest BCUT2D eigenvalue weighted by Crippen LogP contribution is -2.43. The van der Waals surface area contributed by atoms with Crippen molar-refractivity contribution in [3.63, 3.8) is 0 Å². The van der Waals surface area contributed by atoms with Gasteiger partial charge in [0.05, 0.1) is 24.3 Å². The monoisotopic (exact) mass is 388 g/mol. The van der Waals surface area contributed by atoms with Crippen LogP contribution in [0.4, 0.5) is 0 Å². The molecular weight excluding hydrogens is 368 g/mol. The fraction of sp³-hybridized carbons (Fsp3) is 0.350. The van der Waals surface area contributed by atoms with Gasteiger partial charge in [0.15, 0.2) is 11.5 Å². The van der Waals surface area contributed by atoms with Crippen LogP contribution in [0.2, 0.25) is 5.02 Å². The first kappa shape index (κ1) is 18.1. The number of carbonyl (C=O) groups is 1. The number of hydrogen-bond acceptors (Lipinski definition) is 5. The fourth-order valence-corrected chi connectivity index (χ4v) is 3.57. The van der Waals surface area contributed by atoms with Gasteiger partial charge in [0, 0.05) is 25.2 Å². The molecule has 142 valence electrons. The number of halogens is 1. The van der Waals surface area contributed by atoms with Crippen molar-refractivity contribution in [1.82, 2.24) is 10.2 Å². The molecule has 0 bridgehead atoms. The van der Waals surface area contributed by atoms with Crippen molar-refractivity contribution in [3.05, 3.63) is 58.6 Å². The molecule has 1 saturated heterocycles. The lowest BCUT2D eigenvalue weighted by Gasteiger charge is -2.31. The Morgan fingerprint density at radius 3 is 2.70 bits per heavy atom. The summed E-state index contributed by atoms with van der Waals surface area (Å²) in [6, 6.07) is 13.1. The number of carbonyl (C=O) groups excluding carboxylic acids is 1. The van der Waals surface area contributed by atoms with Gasteiger partial charge in [-0.05, 0) is 17.7 Å². The zero-order valence-corrected chi connectivity index (χ0v) is 15.6. The Bertz CT molecular complexity index is 809. The molecule has 1 atom stereocenters. The molecule has 1 fully saturated rings. The largest absolute Gasteiger partial charge is 0.454 e. The number of fused-ring (bicyclic) bond motifs is 1. The minimum absolute atomic E-state index is 0.115. The molecule has 2 aromatic carbocycles. The number of benzene rings is 2. The van der Waals surface area contributed by atoms with E-state index in [-0.39, 0.29) is 18.7 Å². The molecule has 6 nitrogen and oxygen atoms in total. The van der Waals surface area contributed by atoms with Gasteiger partial charge in [0.1, 0.15) is 0 Å². The van der Waals surface area contributed by atoms with Gasteiger partial charge in [-0.25, -0.2) is 0 Å². The van der Waals surface area contributed by atoms with E-state index in [2.05, 4.69) is 10.2 Å². The molecule has 2 aliphatic rings. The van der Waals surface area contributed by atoms with Crippen LogP contribution in [0.1, 0.15) is 22.0 Å². The van der Waals surface area contributed by atoms with Crippen molar-refractivity contribution in [2.45, 2.75) is 6.04 Å². The van der Waals surface area contributed by atoms with Gasteiger partial charge in [-0.15, -0.1) is 0 Å². The molecule has 0 aromatic heterocycles. The number of hydrogen-bond donors (Lipinski definition) is 1. The van der Waals surface area contributed by atoms with Crippen molar-refractivity contribution in [1.29, 1.82) is 0 Å². The summed E-state index contributed by atoms with van der Waals surface area (Å²) in [6.07, 6.45) is 0. The van der Waals surface area contributed by atoms with E-state index in [9.17, 15) is 4.79 Å². The van der Waals surface area contributed by atoms with E-state index in [0.717, 1.165) is 25.2 Å². The van der Waals surface area contributed by atoms with Crippen LogP contribution in [0.15, 0.2) is 42.5 Å². The van der Waals surface area contributed by atoms with Gasteiger partial charge in [0.25, 0.3) is 5.91 Å². The molecule has 0 aliphatic carbocycles. The zero-order valence-electron chi connectivity index (χ0n) is 14.8. The Labute approximate surface area is 163 Å². The van der Waals surface area contributed by atoms with Gasteiger partial charge in [-0.2, -0.15) is 0 Å². The summed E-state index contributed by atoms with van der Waals surface area (Å²) in [5.74, 6) is 0.788. The molecule has 27 heavy (non-hydrogen) atoms. The van der Waals surface area contributed by atoms with Crippen LogP contribution in [0.25, 0.3) is 0 Å². The van der Waals surface area contributed by atoms with Crippen LogP contribution in [0.3, 0.4) is 0 Å². The average Bonchev–Trinajstić information content (AvgIpc) is 3.18. The molecule has 2 aromatic rings. The maximum atomic E-state index is 12.9. The number of morpholine rings is 1. The Morgan fingerprint density at radius 2 is 1.93 bits per heavy atom. The van der Waals surface area contributed by atoms with E-state index < -0.39 is 0 Å². The highest BCUT2D eigenvalue weighted by Gasteiger charge is 2.24. The van der Waals surface area contributed by atoms with Crippen molar-refractivity contribution in [2.75, 3.05) is 39.6 Å². The first-order valence-electron chi connectivity index (χ1n) is 8.96. The third-order valence-electron chi connectivity index (χ3n) is 4.74. The van der Waals surface area contributed by atoms with Crippen LogP contribution in [-0.4, -0.2) is 50.4 Å². The molecule has 1 N–H and O–H groups in total. The van der Waals surface area contributed by atoms with E-state index in [1.54, 1.807) is 12.1 Å². The maximum Gasteiger partial charge on any atom is 0.252 e. The first-order chi connectivity index (χ1) is 13.2. The highest BCUT2D eigenvalue weighted by molar-refractivity contribution is 6.32. The zero-order chi connectivity index (χ0) is 18.6. The quantitative estimate of drug-likeness (QED) is 0.853. The smallest absolute Gasteiger partial charge is 0.252 e. The topological polar surface area (TPSA) is 60.0 Å². The van der Waals surface area contributed by atoms with Crippen LogP contribution < -0.4 is 14.8 Å². The summed E-state index contributed by atoms with van der Waals surface area (Å²) in [4.78, 5) is 15.2. The summed E-state index contributed by atoms with van der Waals surface area (Å²) in [7, 11) is 0. The second-order valence-corrected chi connectivity index (χ2v) is 6.95. The molecule has 4 rings (SSSR count). The lowest BCUT2D eigenvalue weighted by atomic mass is 10.0. The van der Waals surface area contributed by atoms with Gasteiger partial charge < -0.3 is 19.5 Å². The van der Waals surface area contributed by atoms with Gasteiger partial charge >= 0.3 is 0 Å². The van der Waals surface area contributed by atoms with Crippen molar-refractivity contribution in [2.24, 2.45) is 0 Å². The average molecular weight is 389 g/mol. The molecule has 0 radical (unpaired) electrons. The van der Waals surface area contributed by atoms with Crippen LogP contribution >= 0.6 is 11.6 Å². The highest BCUT2D eigenvalue weighted by atomic mass is 35.5. The van der Waals surface area contributed by atoms with E-state index in [4.69, 9.17) is 25.8 Å². The predicted octanol–water partition coefficient (Wildman–Crippen LogP) is 2.87. The third-order valence-corrected chi connectivity index (χ3v) is 5.02. The first-order valence-corrected chi connectivity index (χ1v) is 9.33. The normalized spacial score (nSPS) is 17.5. The molecule has 1 unspecified atom stereocenters. The van der Waals surface area contributed by atoms with E-state index in [1.807, 2.05) is 30.3 Å². The number of nitrogens with zero attached hydrogens (tertiary/aromatic N) is 1. The Morgan fingerprint density at radius 1 is 1.15 bits per heavy atom. The van der Waals surface area contributed by atoms with Crippen molar-refractivity contribution in [3.8, 4) is 11.5 Å². The fourth-order valence-electron chi connectivity index (χ4n) is 3.30. The Balaban J connectivity index is 1.53. The maximum absolute atomic E-state index is 12.9. The van der Waals surface area contributed by atoms with E-state index in [0.29, 0.717) is 35.3 Å². The molecule has 0 spiro atoms. The molecule has 0 saturated carbocycles. The van der Waals surface area contributed by atoms with Gasteiger partial charge in [-0.3, -0.25) is 9.69 Å². The minimum Gasteiger partial charge on any atom is -0.454 e. The number of nitrogens with one attached hydrogen (secondary N) is 1. The van der Waals surface area contributed by atoms with Crippen LogP contribution in [0, 0.1) is 0 Å². The molecule has 2 aliphatic heterocycles. The second-order valence-electron chi connectivity index (χ2n) is 6.54. The van der Waals surface area contributed by atoms with Gasteiger partial charge in [-0.1, -0.05) is 41.9 Å². The van der Waals surface area contributed by atoms with Crippen LogP contribution in [-0.2, 0) is 4.74 Å². The van der Waals surface area contributed by atoms with Gasteiger partial charge in [0.2, 0.25) is 6.79 Å². The van der Waals surface area contributed by atoms with Crippen molar-refractivity contribution < 1.29 is 19.0 Å². The summed E-state index contributed by atoms with van der Waals surface area (Å²) in [5.41, 5.74) is 1.51. The number of amides is 1. The van der Waals surface area contributed by atoms with E-state index in [1.165, 1.54) is 0 Å². The number of rotatable bonds is 5.